The van der Waals surface area contributed by atoms with Gasteiger partial charge in [-0.1, -0.05) is 6.42 Å². The summed E-state index contributed by atoms with van der Waals surface area (Å²) < 4.78 is 5.25. The van der Waals surface area contributed by atoms with E-state index < -0.39 is 0 Å². The Kier molecular flexibility index (Phi) is 5.60. The number of carbonyl (C=O) groups is 1. The molecule has 2 aliphatic rings. The van der Waals surface area contributed by atoms with Crippen LogP contribution < -0.4 is 5.32 Å². The van der Waals surface area contributed by atoms with Crippen molar-refractivity contribution in [3.8, 4) is 0 Å². The van der Waals surface area contributed by atoms with E-state index in [1.54, 1.807) is 0 Å². The molecule has 1 aliphatic carbocycles. The Balaban J connectivity index is 1.70. The number of hydrogen-bond donors (Lipinski definition) is 2. The van der Waals surface area contributed by atoms with Gasteiger partial charge in [-0.15, -0.1) is 0 Å². The van der Waals surface area contributed by atoms with Crippen LogP contribution in [0, 0.1) is 5.92 Å². The smallest absolute Gasteiger partial charge is 0.239 e. The molecule has 5 heteroatoms. The van der Waals surface area contributed by atoms with Crippen molar-refractivity contribution >= 4 is 5.91 Å². The first kappa shape index (κ1) is 14.8. The van der Waals surface area contributed by atoms with E-state index >= 15 is 0 Å². The average molecular weight is 270 g/mol. The Hall–Kier alpha value is -0.650. The quantitative estimate of drug-likeness (QED) is 0.775. The molecule has 2 fully saturated rings. The van der Waals surface area contributed by atoms with Gasteiger partial charge in [-0.05, 0) is 38.6 Å². The lowest BCUT2D eigenvalue weighted by Gasteiger charge is -2.31. The van der Waals surface area contributed by atoms with E-state index in [4.69, 9.17) is 4.74 Å². The maximum Gasteiger partial charge on any atom is 0.239 e. The first-order valence-corrected chi connectivity index (χ1v) is 7.45. The molecule has 0 bridgehead atoms. The molecule has 3 atom stereocenters. The predicted octanol–water partition coefficient (Wildman–Crippen LogP) is 0.374. The Bertz CT molecular complexity index is 292. The third-order valence-electron chi connectivity index (χ3n) is 4.16. The van der Waals surface area contributed by atoms with Gasteiger partial charge < -0.3 is 20.1 Å². The summed E-state index contributed by atoms with van der Waals surface area (Å²) in [6.07, 6.45) is 3.90. The molecule has 1 heterocycles. The van der Waals surface area contributed by atoms with E-state index in [1.165, 1.54) is 0 Å². The molecule has 110 valence electrons. The molecule has 0 radical (unpaired) electrons. The molecule has 0 spiro atoms. The van der Waals surface area contributed by atoms with Crippen molar-refractivity contribution in [2.75, 3.05) is 32.8 Å². The van der Waals surface area contributed by atoms with Gasteiger partial charge in [0.1, 0.15) is 0 Å². The van der Waals surface area contributed by atoms with Gasteiger partial charge in [-0.3, -0.25) is 4.79 Å². The van der Waals surface area contributed by atoms with Gasteiger partial charge in [0.05, 0.1) is 25.4 Å². The van der Waals surface area contributed by atoms with Crippen molar-refractivity contribution < 1.29 is 14.6 Å². The minimum Gasteiger partial charge on any atom is -0.393 e. The lowest BCUT2D eigenvalue weighted by atomic mass is 9.87. The van der Waals surface area contributed by atoms with Gasteiger partial charge in [0.15, 0.2) is 0 Å². The summed E-state index contributed by atoms with van der Waals surface area (Å²) in [6, 6.07) is -0.142. The number of aliphatic hydroxyl groups excluding tert-OH is 1. The highest BCUT2D eigenvalue weighted by Crippen LogP contribution is 2.23. The number of aliphatic hydroxyl groups is 1. The minimum atomic E-state index is -0.147. The van der Waals surface area contributed by atoms with Gasteiger partial charge in [0, 0.05) is 13.1 Å². The molecule has 3 unspecified atom stereocenters. The monoisotopic (exact) mass is 270 g/mol. The molecule has 0 aromatic rings. The molecule has 2 rings (SSSR count). The number of nitrogens with one attached hydrogen (secondary N) is 1. The Morgan fingerprint density at radius 2 is 2.16 bits per heavy atom. The molecule has 19 heavy (non-hydrogen) atoms. The van der Waals surface area contributed by atoms with Crippen molar-refractivity contribution in [1.29, 1.82) is 0 Å². The van der Waals surface area contributed by atoms with E-state index in [9.17, 15) is 9.90 Å². The maximum atomic E-state index is 12.2. The van der Waals surface area contributed by atoms with E-state index in [0.29, 0.717) is 32.2 Å². The summed E-state index contributed by atoms with van der Waals surface area (Å²) in [7, 11) is 0. The van der Waals surface area contributed by atoms with E-state index in [2.05, 4.69) is 5.32 Å². The maximum absolute atomic E-state index is 12.2. The number of ether oxygens (including phenoxy) is 1. The second-order valence-corrected chi connectivity index (χ2v) is 5.75. The Morgan fingerprint density at radius 1 is 1.42 bits per heavy atom. The van der Waals surface area contributed by atoms with Crippen molar-refractivity contribution in [2.45, 2.75) is 44.8 Å². The van der Waals surface area contributed by atoms with E-state index in [-0.39, 0.29) is 18.1 Å². The number of carbonyl (C=O) groups excluding carboxylic acids is 1. The van der Waals surface area contributed by atoms with Gasteiger partial charge >= 0.3 is 0 Å². The predicted molar refractivity (Wildman–Crippen MR) is 72.8 cm³/mol. The third kappa shape index (κ3) is 4.44. The lowest BCUT2D eigenvalue weighted by Crippen LogP contribution is -2.50. The van der Waals surface area contributed by atoms with Crippen LogP contribution in [0.4, 0.5) is 0 Å². The summed E-state index contributed by atoms with van der Waals surface area (Å²) in [5.41, 5.74) is 0. The molecule has 0 aromatic heterocycles. The number of hydrogen-bond acceptors (Lipinski definition) is 4. The van der Waals surface area contributed by atoms with Crippen molar-refractivity contribution in [1.82, 2.24) is 10.2 Å². The summed E-state index contributed by atoms with van der Waals surface area (Å²) in [4.78, 5) is 14.1. The highest BCUT2D eigenvalue weighted by Gasteiger charge is 2.24. The second kappa shape index (κ2) is 7.22. The molecular weight excluding hydrogens is 244 g/mol. The van der Waals surface area contributed by atoms with E-state index in [0.717, 1.165) is 32.2 Å². The zero-order chi connectivity index (χ0) is 13.7. The summed E-state index contributed by atoms with van der Waals surface area (Å²) in [5.74, 6) is 0.670. The van der Waals surface area contributed by atoms with Gasteiger partial charge in [-0.2, -0.15) is 0 Å². The van der Waals surface area contributed by atoms with Crippen LogP contribution in [0.2, 0.25) is 0 Å². The van der Waals surface area contributed by atoms with Crippen LogP contribution >= 0.6 is 0 Å². The largest absolute Gasteiger partial charge is 0.393 e. The Labute approximate surface area is 115 Å². The zero-order valence-corrected chi connectivity index (χ0v) is 11.8. The van der Waals surface area contributed by atoms with Crippen molar-refractivity contribution in [3.63, 3.8) is 0 Å². The fourth-order valence-corrected chi connectivity index (χ4v) is 2.94. The highest BCUT2D eigenvalue weighted by atomic mass is 16.5. The van der Waals surface area contributed by atoms with Crippen LogP contribution in [-0.2, 0) is 9.53 Å². The highest BCUT2D eigenvalue weighted by molar-refractivity contribution is 5.81. The van der Waals surface area contributed by atoms with Crippen LogP contribution in [0.3, 0.4) is 0 Å². The fourth-order valence-electron chi connectivity index (χ4n) is 2.94. The summed E-state index contributed by atoms with van der Waals surface area (Å²) >= 11 is 0. The number of nitrogens with zero attached hydrogens (tertiary/aromatic N) is 1. The van der Waals surface area contributed by atoms with E-state index in [1.807, 2.05) is 11.8 Å². The molecule has 5 nitrogen and oxygen atoms in total. The number of amides is 1. The van der Waals surface area contributed by atoms with Crippen molar-refractivity contribution in [3.05, 3.63) is 0 Å². The topological polar surface area (TPSA) is 61.8 Å². The first-order chi connectivity index (χ1) is 9.16. The molecule has 0 aromatic carbocycles. The van der Waals surface area contributed by atoms with Gasteiger partial charge in [0.25, 0.3) is 0 Å². The SMILES string of the molecule is CC(NCC1CCCC(O)C1)C(=O)N1CCOCC1. The third-order valence-corrected chi connectivity index (χ3v) is 4.16. The van der Waals surface area contributed by atoms with Crippen LogP contribution in [0.15, 0.2) is 0 Å². The number of morpholine rings is 1. The average Bonchev–Trinajstić information content (AvgIpc) is 2.45. The first-order valence-electron chi connectivity index (χ1n) is 7.45. The molecule has 1 amide bonds. The normalized spacial score (nSPS) is 30.1. The molecule has 2 N–H and O–H groups in total. The van der Waals surface area contributed by atoms with Crippen LogP contribution in [-0.4, -0.2) is 60.9 Å². The van der Waals surface area contributed by atoms with Crippen LogP contribution in [0.1, 0.15) is 32.6 Å². The summed E-state index contributed by atoms with van der Waals surface area (Å²) in [5, 5.41) is 13.0. The minimum absolute atomic E-state index is 0.142. The lowest BCUT2D eigenvalue weighted by molar-refractivity contribution is -0.137. The fraction of sp³-hybridized carbons (Fsp3) is 0.929. The van der Waals surface area contributed by atoms with Crippen LogP contribution in [0.25, 0.3) is 0 Å². The molecular formula is C14H26N2O3. The second-order valence-electron chi connectivity index (χ2n) is 5.75. The molecule has 1 saturated carbocycles. The zero-order valence-electron chi connectivity index (χ0n) is 11.8. The van der Waals surface area contributed by atoms with Gasteiger partial charge in [0.2, 0.25) is 5.91 Å². The number of rotatable bonds is 4. The van der Waals surface area contributed by atoms with Crippen LogP contribution in [0.5, 0.6) is 0 Å². The molecule has 1 aliphatic heterocycles. The Morgan fingerprint density at radius 3 is 2.84 bits per heavy atom. The summed E-state index contributed by atoms with van der Waals surface area (Å²) in [6.45, 7) is 5.45. The van der Waals surface area contributed by atoms with Crippen molar-refractivity contribution in [2.24, 2.45) is 5.92 Å². The molecule has 1 saturated heterocycles. The standard InChI is InChI=1S/C14H26N2O3/c1-11(14(18)16-5-7-19-8-6-16)15-10-12-3-2-4-13(17)9-12/h11-13,15,17H,2-10H2,1H3. The van der Waals surface area contributed by atoms with Gasteiger partial charge in [-0.25, -0.2) is 0 Å².